The number of carbonyl (C=O) groups is 1. The number of methoxy groups -OCH3 is 1. The Kier molecular flexibility index (Phi) is 9.02. The van der Waals surface area contributed by atoms with Gasteiger partial charge < -0.3 is 24.4 Å². The fraction of sp³-hybridized carbons (Fsp3) is 0.194. The Morgan fingerprint density at radius 1 is 0.730 bits per heavy atom. The van der Waals surface area contributed by atoms with Gasteiger partial charge in [-0.1, -0.05) is 66.7 Å². The van der Waals surface area contributed by atoms with Crippen molar-refractivity contribution in [2.75, 3.05) is 19.0 Å². The molecule has 1 N–H and O–H groups in total. The number of urea groups is 1. The number of nitrogens with one attached hydrogen (secondary N) is 1. The zero-order chi connectivity index (χ0) is 25.9. The summed E-state index contributed by atoms with van der Waals surface area (Å²) in [6.45, 7) is 3.83. The van der Waals surface area contributed by atoms with Crippen LogP contribution in [-0.4, -0.2) is 24.6 Å². The maximum absolute atomic E-state index is 13.3. The molecule has 37 heavy (non-hydrogen) atoms. The third-order valence-corrected chi connectivity index (χ3v) is 5.76. The molecule has 0 saturated carbocycles. The van der Waals surface area contributed by atoms with Gasteiger partial charge >= 0.3 is 6.03 Å². The number of amides is 2. The second kappa shape index (κ2) is 13.0. The lowest BCUT2D eigenvalue weighted by atomic mass is 10.1. The zero-order valence-electron chi connectivity index (χ0n) is 21.2. The van der Waals surface area contributed by atoms with Crippen molar-refractivity contribution in [1.29, 1.82) is 0 Å². The molecule has 0 aliphatic rings. The predicted octanol–water partition coefficient (Wildman–Crippen LogP) is 6.91. The molecule has 0 spiro atoms. The van der Waals surface area contributed by atoms with Crippen molar-refractivity contribution < 1.29 is 19.0 Å². The highest BCUT2D eigenvalue weighted by molar-refractivity contribution is 5.89. The Bertz CT molecular complexity index is 1260. The summed E-state index contributed by atoms with van der Waals surface area (Å²) in [4.78, 5) is 15.1. The average Bonchev–Trinajstić information content (AvgIpc) is 2.94. The molecule has 4 rings (SSSR count). The molecule has 4 aromatic rings. The van der Waals surface area contributed by atoms with E-state index in [1.165, 1.54) is 0 Å². The smallest absolute Gasteiger partial charge is 0.322 e. The molecule has 0 bridgehead atoms. The Morgan fingerprint density at radius 3 is 2.03 bits per heavy atom. The van der Waals surface area contributed by atoms with Crippen LogP contribution in [0.4, 0.5) is 10.5 Å². The van der Waals surface area contributed by atoms with Crippen LogP contribution in [0.15, 0.2) is 103 Å². The second-order valence-corrected chi connectivity index (χ2v) is 8.49. The van der Waals surface area contributed by atoms with Crippen molar-refractivity contribution in [2.45, 2.75) is 26.6 Å². The molecule has 0 unspecified atom stereocenters. The summed E-state index contributed by atoms with van der Waals surface area (Å²) >= 11 is 0. The Morgan fingerprint density at radius 2 is 1.38 bits per heavy atom. The molecule has 0 fully saturated rings. The van der Waals surface area contributed by atoms with E-state index in [1.807, 2.05) is 110 Å². The van der Waals surface area contributed by atoms with Crippen molar-refractivity contribution >= 4 is 11.7 Å². The summed E-state index contributed by atoms with van der Waals surface area (Å²) in [7, 11) is 1.62. The largest absolute Gasteiger partial charge is 0.494 e. The van der Waals surface area contributed by atoms with Crippen LogP contribution in [0.3, 0.4) is 0 Å². The van der Waals surface area contributed by atoms with Gasteiger partial charge in [-0.3, -0.25) is 0 Å². The van der Waals surface area contributed by atoms with E-state index in [-0.39, 0.29) is 6.03 Å². The van der Waals surface area contributed by atoms with Gasteiger partial charge in [0.15, 0.2) is 11.5 Å². The van der Waals surface area contributed by atoms with Crippen LogP contribution in [0.2, 0.25) is 0 Å². The van der Waals surface area contributed by atoms with Crippen molar-refractivity contribution in [3.8, 4) is 17.2 Å². The van der Waals surface area contributed by atoms with Gasteiger partial charge in [0.2, 0.25) is 0 Å². The normalized spacial score (nSPS) is 10.4. The topological polar surface area (TPSA) is 60.0 Å². The van der Waals surface area contributed by atoms with E-state index in [4.69, 9.17) is 14.2 Å². The van der Waals surface area contributed by atoms with E-state index in [2.05, 4.69) is 5.32 Å². The first-order valence-electron chi connectivity index (χ1n) is 12.3. The molecule has 6 nitrogen and oxygen atoms in total. The molecule has 0 saturated heterocycles. The number of benzene rings is 4. The molecule has 0 radical (unpaired) electrons. The van der Waals surface area contributed by atoms with E-state index in [1.54, 1.807) is 12.0 Å². The van der Waals surface area contributed by atoms with Gasteiger partial charge in [0.05, 0.1) is 13.7 Å². The van der Waals surface area contributed by atoms with Crippen molar-refractivity contribution in [3.63, 3.8) is 0 Å². The number of hydrogen-bond acceptors (Lipinski definition) is 4. The Balaban J connectivity index is 1.49. The molecule has 4 aromatic carbocycles. The summed E-state index contributed by atoms with van der Waals surface area (Å²) in [5.74, 6) is 2.05. The zero-order valence-corrected chi connectivity index (χ0v) is 21.2. The minimum Gasteiger partial charge on any atom is -0.494 e. The highest BCUT2D eigenvalue weighted by Crippen LogP contribution is 2.30. The van der Waals surface area contributed by atoms with Crippen LogP contribution in [0, 0.1) is 0 Å². The maximum atomic E-state index is 13.3. The molecule has 2 amide bonds. The fourth-order valence-electron chi connectivity index (χ4n) is 3.89. The highest BCUT2D eigenvalue weighted by Gasteiger charge is 2.17. The quantitative estimate of drug-likeness (QED) is 0.245. The van der Waals surface area contributed by atoms with Gasteiger partial charge in [-0.2, -0.15) is 0 Å². The highest BCUT2D eigenvalue weighted by atomic mass is 16.5. The lowest BCUT2D eigenvalue weighted by Crippen LogP contribution is -2.34. The average molecular weight is 497 g/mol. The summed E-state index contributed by atoms with van der Waals surface area (Å²) < 4.78 is 17.1. The molecular formula is C31H32N2O4. The van der Waals surface area contributed by atoms with Crippen molar-refractivity contribution in [2.24, 2.45) is 0 Å². The first kappa shape index (κ1) is 25.6. The standard InChI is InChI=1S/C31H32N2O4/c1-3-36-28-17-15-27(16-18-28)32-31(34)33(21-24-10-6-4-7-11-24)22-26-14-19-29(30(20-26)35-2)37-23-25-12-8-5-9-13-25/h4-20H,3,21-23H2,1-2H3,(H,32,34). The number of hydrogen-bond donors (Lipinski definition) is 1. The minimum atomic E-state index is -0.198. The molecule has 6 heteroatoms. The molecule has 0 aromatic heterocycles. The SMILES string of the molecule is CCOc1ccc(NC(=O)N(Cc2ccccc2)Cc2ccc(OCc3ccccc3)c(OC)c2)cc1. The second-order valence-electron chi connectivity index (χ2n) is 8.49. The fourth-order valence-corrected chi connectivity index (χ4v) is 3.89. The minimum absolute atomic E-state index is 0.198. The van der Waals surface area contributed by atoms with E-state index < -0.39 is 0 Å². The lowest BCUT2D eigenvalue weighted by Gasteiger charge is -2.24. The summed E-state index contributed by atoms with van der Waals surface area (Å²) in [6.07, 6.45) is 0. The first-order chi connectivity index (χ1) is 18.1. The number of rotatable bonds is 11. The number of carbonyl (C=O) groups excluding carboxylic acids is 1. The van der Waals surface area contributed by atoms with Crippen molar-refractivity contribution in [3.05, 3.63) is 120 Å². The summed E-state index contributed by atoms with van der Waals surface area (Å²) in [6, 6.07) is 32.9. The van der Waals surface area contributed by atoms with Gasteiger partial charge in [0.1, 0.15) is 12.4 Å². The van der Waals surface area contributed by atoms with Crippen LogP contribution in [0.1, 0.15) is 23.6 Å². The summed E-state index contributed by atoms with van der Waals surface area (Å²) in [5.41, 5.74) is 3.75. The van der Waals surface area contributed by atoms with Gasteiger partial charge in [-0.25, -0.2) is 4.79 Å². The van der Waals surface area contributed by atoms with Gasteiger partial charge in [-0.05, 0) is 60.0 Å². The van der Waals surface area contributed by atoms with Crippen LogP contribution in [0.25, 0.3) is 0 Å². The van der Waals surface area contributed by atoms with Crippen LogP contribution < -0.4 is 19.5 Å². The first-order valence-corrected chi connectivity index (χ1v) is 12.3. The van der Waals surface area contributed by atoms with Crippen molar-refractivity contribution in [1.82, 2.24) is 4.90 Å². The Labute approximate surface area is 218 Å². The molecule has 0 aliphatic heterocycles. The van der Waals surface area contributed by atoms with E-state index in [0.717, 1.165) is 22.4 Å². The lowest BCUT2D eigenvalue weighted by molar-refractivity contribution is 0.206. The molecule has 190 valence electrons. The number of ether oxygens (including phenoxy) is 3. The predicted molar refractivity (Wildman–Crippen MR) is 146 cm³/mol. The van der Waals surface area contributed by atoms with Gasteiger partial charge in [0.25, 0.3) is 0 Å². The third-order valence-electron chi connectivity index (χ3n) is 5.76. The van der Waals surface area contributed by atoms with Crippen LogP contribution in [-0.2, 0) is 19.7 Å². The van der Waals surface area contributed by atoms with E-state index in [9.17, 15) is 4.79 Å². The molecule has 0 atom stereocenters. The van der Waals surface area contributed by atoms with Crippen LogP contribution in [0.5, 0.6) is 17.2 Å². The summed E-state index contributed by atoms with van der Waals surface area (Å²) in [5, 5.41) is 3.01. The van der Waals surface area contributed by atoms with Crippen LogP contribution >= 0.6 is 0 Å². The van der Waals surface area contributed by atoms with Gasteiger partial charge in [0, 0.05) is 18.8 Å². The van der Waals surface area contributed by atoms with E-state index in [0.29, 0.717) is 43.5 Å². The monoisotopic (exact) mass is 496 g/mol. The third kappa shape index (κ3) is 7.51. The maximum Gasteiger partial charge on any atom is 0.322 e. The Hall–Kier alpha value is -4.45. The molecule has 0 heterocycles. The number of nitrogens with zero attached hydrogens (tertiary/aromatic N) is 1. The molecular weight excluding hydrogens is 464 g/mol. The molecule has 0 aliphatic carbocycles. The number of anilines is 1. The van der Waals surface area contributed by atoms with Gasteiger partial charge in [-0.15, -0.1) is 0 Å². The van der Waals surface area contributed by atoms with E-state index >= 15 is 0 Å².